The predicted octanol–water partition coefficient (Wildman–Crippen LogP) is 3.73. The number of aromatic nitrogens is 2. The lowest BCUT2D eigenvalue weighted by molar-refractivity contribution is 0.0941. The third-order valence-electron chi connectivity index (χ3n) is 3.68. The van der Waals surface area contributed by atoms with Crippen LogP contribution in [0.25, 0.3) is 0 Å². The van der Waals surface area contributed by atoms with Gasteiger partial charge in [-0.05, 0) is 42.0 Å². The topological polar surface area (TPSA) is 46.9 Å². The van der Waals surface area contributed by atoms with Crippen molar-refractivity contribution in [1.82, 2.24) is 14.9 Å². The molecule has 24 heavy (non-hydrogen) atoms. The third-order valence-corrected chi connectivity index (χ3v) is 3.93. The summed E-state index contributed by atoms with van der Waals surface area (Å²) in [6.07, 6.45) is 3.41. The van der Waals surface area contributed by atoms with E-state index in [0.717, 1.165) is 0 Å². The van der Waals surface area contributed by atoms with Crippen LogP contribution in [0.4, 0.5) is 4.39 Å². The molecule has 0 saturated carbocycles. The fraction of sp³-hybridized carbons (Fsp3) is 0.111. The maximum atomic E-state index is 13.6. The van der Waals surface area contributed by atoms with Crippen LogP contribution in [0.1, 0.15) is 27.8 Å². The van der Waals surface area contributed by atoms with Crippen molar-refractivity contribution in [3.8, 4) is 0 Å². The maximum absolute atomic E-state index is 13.6. The highest BCUT2D eigenvalue weighted by Crippen LogP contribution is 2.22. The van der Waals surface area contributed by atoms with Crippen molar-refractivity contribution in [3.05, 3.63) is 88.7 Å². The molecule has 0 aliphatic rings. The molecule has 1 atom stereocenters. The van der Waals surface area contributed by atoms with Crippen molar-refractivity contribution in [2.24, 2.45) is 7.05 Å². The van der Waals surface area contributed by atoms with E-state index < -0.39 is 6.04 Å². The van der Waals surface area contributed by atoms with Crippen molar-refractivity contribution in [3.63, 3.8) is 0 Å². The van der Waals surface area contributed by atoms with Gasteiger partial charge in [-0.2, -0.15) is 0 Å². The van der Waals surface area contributed by atoms with Crippen LogP contribution < -0.4 is 5.32 Å². The Labute approximate surface area is 143 Å². The van der Waals surface area contributed by atoms with E-state index in [4.69, 9.17) is 11.6 Å². The van der Waals surface area contributed by atoms with Crippen LogP contribution in [0.5, 0.6) is 0 Å². The highest BCUT2D eigenvalue weighted by Gasteiger charge is 2.21. The number of halogens is 2. The van der Waals surface area contributed by atoms with Crippen molar-refractivity contribution in [2.75, 3.05) is 0 Å². The number of aryl methyl sites for hydroxylation is 1. The first-order valence-corrected chi connectivity index (χ1v) is 7.71. The highest BCUT2D eigenvalue weighted by molar-refractivity contribution is 6.30. The molecule has 1 heterocycles. The smallest absolute Gasteiger partial charge is 0.252 e. The molecule has 0 aliphatic heterocycles. The Hall–Kier alpha value is -2.66. The van der Waals surface area contributed by atoms with Gasteiger partial charge in [0.05, 0.1) is 0 Å². The van der Waals surface area contributed by atoms with Gasteiger partial charge in [0, 0.05) is 30.0 Å². The van der Waals surface area contributed by atoms with Crippen LogP contribution in [0.15, 0.2) is 60.9 Å². The molecule has 3 rings (SSSR count). The molecule has 1 amide bonds. The van der Waals surface area contributed by atoms with Gasteiger partial charge in [0.2, 0.25) is 0 Å². The summed E-state index contributed by atoms with van der Waals surface area (Å²) in [5, 5.41) is 3.46. The van der Waals surface area contributed by atoms with Gasteiger partial charge in [-0.15, -0.1) is 0 Å². The number of hydrogen-bond donors (Lipinski definition) is 1. The average molecular weight is 344 g/mol. The first-order valence-electron chi connectivity index (χ1n) is 7.34. The molecule has 3 aromatic rings. The van der Waals surface area contributed by atoms with Gasteiger partial charge in [-0.25, -0.2) is 9.37 Å². The van der Waals surface area contributed by atoms with Gasteiger partial charge in [-0.1, -0.05) is 23.7 Å². The minimum atomic E-state index is -0.566. The normalized spacial score (nSPS) is 12.0. The summed E-state index contributed by atoms with van der Waals surface area (Å²) in [6.45, 7) is 0. The second kappa shape index (κ2) is 6.84. The van der Waals surface area contributed by atoms with Gasteiger partial charge in [-0.3, -0.25) is 4.79 Å². The van der Waals surface area contributed by atoms with E-state index >= 15 is 0 Å². The van der Waals surface area contributed by atoms with Gasteiger partial charge in [0.25, 0.3) is 5.91 Å². The minimum absolute atomic E-state index is 0.288. The Morgan fingerprint density at radius 3 is 2.62 bits per heavy atom. The Morgan fingerprint density at radius 2 is 2.00 bits per heavy atom. The molecular weight excluding hydrogens is 329 g/mol. The first kappa shape index (κ1) is 16.2. The molecule has 0 aliphatic carbocycles. The monoisotopic (exact) mass is 343 g/mol. The van der Waals surface area contributed by atoms with E-state index in [0.29, 0.717) is 22.0 Å². The van der Waals surface area contributed by atoms with E-state index in [1.807, 2.05) is 7.05 Å². The summed E-state index contributed by atoms with van der Waals surface area (Å²) >= 11 is 5.85. The van der Waals surface area contributed by atoms with Crippen LogP contribution in [-0.2, 0) is 7.05 Å². The lowest BCUT2D eigenvalue weighted by atomic mass is 10.0. The van der Waals surface area contributed by atoms with Gasteiger partial charge in [0.1, 0.15) is 17.7 Å². The standard InChI is InChI=1S/C18H15ClFN3O/c1-23-10-9-21-17(23)16(13-3-2-4-15(20)11-13)22-18(24)12-5-7-14(19)8-6-12/h2-11,16H,1H3,(H,22,24)/t16-/m1/s1. The molecule has 0 bridgehead atoms. The minimum Gasteiger partial charge on any atom is -0.338 e. The summed E-state index contributed by atoms with van der Waals surface area (Å²) in [5.41, 5.74) is 1.08. The van der Waals surface area contributed by atoms with Crippen LogP contribution in [-0.4, -0.2) is 15.5 Å². The number of benzene rings is 2. The van der Waals surface area contributed by atoms with E-state index in [1.165, 1.54) is 12.1 Å². The SMILES string of the molecule is Cn1ccnc1[C@H](NC(=O)c1ccc(Cl)cc1)c1cccc(F)c1. The van der Waals surface area contributed by atoms with Crippen LogP contribution >= 0.6 is 11.6 Å². The zero-order valence-electron chi connectivity index (χ0n) is 12.9. The van der Waals surface area contributed by atoms with Crippen molar-refractivity contribution in [1.29, 1.82) is 0 Å². The Balaban J connectivity index is 1.95. The fourth-order valence-corrected chi connectivity index (χ4v) is 2.58. The summed E-state index contributed by atoms with van der Waals surface area (Å²) < 4.78 is 15.4. The quantitative estimate of drug-likeness (QED) is 0.784. The largest absolute Gasteiger partial charge is 0.338 e. The fourth-order valence-electron chi connectivity index (χ4n) is 2.45. The molecule has 2 aromatic carbocycles. The van der Waals surface area contributed by atoms with Gasteiger partial charge >= 0.3 is 0 Å². The van der Waals surface area contributed by atoms with Crippen molar-refractivity contribution in [2.45, 2.75) is 6.04 Å². The molecule has 0 fully saturated rings. The molecule has 0 unspecified atom stereocenters. The molecule has 6 heteroatoms. The predicted molar refractivity (Wildman–Crippen MR) is 90.4 cm³/mol. The number of imidazole rings is 1. The zero-order valence-corrected chi connectivity index (χ0v) is 13.7. The molecule has 0 radical (unpaired) electrons. The summed E-state index contributed by atoms with van der Waals surface area (Å²) in [6, 6.07) is 12.1. The van der Waals surface area contributed by atoms with E-state index in [9.17, 15) is 9.18 Å². The summed E-state index contributed by atoms with van der Waals surface area (Å²) in [4.78, 5) is 16.8. The number of nitrogens with zero attached hydrogens (tertiary/aromatic N) is 2. The first-order chi connectivity index (χ1) is 11.5. The number of carbonyl (C=O) groups is 1. The zero-order chi connectivity index (χ0) is 17.1. The molecule has 4 nitrogen and oxygen atoms in total. The molecule has 0 spiro atoms. The van der Waals surface area contributed by atoms with E-state index in [1.54, 1.807) is 53.4 Å². The lowest BCUT2D eigenvalue weighted by Gasteiger charge is -2.19. The third kappa shape index (κ3) is 3.46. The molecule has 0 saturated heterocycles. The average Bonchev–Trinajstić information content (AvgIpc) is 2.99. The molecule has 1 aromatic heterocycles. The highest BCUT2D eigenvalue weighted by atomic mass is 35.5. The Bertz CT molecular complexity index is 861. The van der Waals surface area contributed by atoms with Crippen molar-refractivity contribution < 1.29 is 9.18 Å². The number of carbonyl (C=O) groups excluding carboxylic acids is 1. The van der Waals surface area contributed by atoms with E-state index in [2.05, 4.69) is 10.3 Å². The van der Waals surface area contributed by atoms with E-state index in [-0.39, 0.29) is 11.7 Å². The number of nitrogens with one attached hydrogen (secondary N) is 1. The maximum Gasteiger partial charge on any atom is 0.252 e. The number of amides is 1. The number of rotatable bonds is 4. The second-order valence-corrected chi connectivity index (χ2v) is 5.80. The summed E-state index contributed by atoms with van der Waals surface area (Å²) in [7, 11) is 1.82. The lowest BCUT2D eigenvalue weighted by Crippen LogP contribution is -2.31. The van der Waals surface area contributed by atoms with Gasteiger partial charge in [0.15, 0.2) is 0 Å². The van der Waals surface area contributed by atoms with Crippen LogP contribution in [0.3, 0.4) is 0 Å². The number of hydrogen-bond acceptors (Lipinski definition) is 2. The molecule has 122 valence electrons. The second-order valence-electron chi connectivity index (χ2n) is 5.36. The Morgan fingerprint density at radius 1 is 1.25 bits per heavy atom. The summed E-state index contributed by atoms with van der Waals surface area (Å²) in [5.74, 6) is -0.0423. The van der Waals surface area contributed by atoms with Crippen LogP contribution in [0.2, 0.25) is 5.02 Å². The van der Waals surface area contributed by atoms with Gasteiger partial charge < -0.3 is 9.88 Å². The van der Waals surface area contributed by atoms with Crippen LogP contribution in [0, 0.1) is 5.82 Å². The Kier molecular flexibility index (Phi) is 4.62. The molecular formula is C18H15ClFN3O. The molecule has 1 N–H and O–H groups in total. The van der Waals surface area contributed by atoms with Crippen molar-refractivity contribution >= 4 is 17.5 Å².